The summed E-state index contributed by atoms with van der Waals surface area (Å²) in [6.07, 6.45) is 3.68. The lowest BCUT2D eigenvalue weighted by Crippen LogP contribution is -2.30. The van der Waals surface area contributed by atoms with Crippen molar-refractivity contribution in [2.45, 2.75) is 18.9 Å². The number of nitrogens with one attached hydrogen (secondary N) is 2. The van der Waals surface area contributed by atoms with Crippen LogP contribution in [0.25, 0.3) is 0 Å². The number of halogens is 1. The highest BCUT2D eigenvalue weighted by Gasteiger charge is 2.18. The lowest BCUT2D eigenvalue weighted by atomic mass is 10.1. The van der Waals surface area contributed by atoms with Crippen LogP contribution in [-0.4, -0.2) is 61.4 Å². The number of amides is 1. The van der Waals surface area contributed by atoms with Gasteiger partial charge in [-0.2, -0.15) is 0 Å². The second-order valence-electron chi connectivity index (χ2n) is 6.22. The van der Waals surface area contributed by atoms with Crippen LogP contribution in [0, 0.1) is 0 Å². The molecule has 0 atom stereocenters. The van der Waals surface area contributed by atoms with Crippen molar-refractivity contribution in [3.05, 3.63) is 30.1 Å². The zero-order chi connectivity index (χ0) is 19.1. The number of rotatable bonds is 8. The number of carbonyl (C=O) groups is 1. The number of hydrogen-bond acceptors (Lipinski definition) is 7. The topological polar surface area (TPSA) is 99.5 Å². The molecule has 3 rings (SSSR count). The van der Waals surface area contributed by atoms with Crippen LogP contribution in [0.5, 0.6) is 17.2 Å². The smallest absolute Gasteiger partial charge is 0.273 e. The van der Waals surface area contributed by atoms with E-state index in [-0.39, 0.29) is 18.3 Å². The van der Waals surface area contributed by atoms with Gasteiger partial charge in [0, 0.05) is 18.2 Å². The van der Waals surface area contributed by atoms with Crippen LogP contribution in [0.15, 0.2) is 24.4 Å². The molecule has 9 nitrogen and oxygen atoms in total. The Bertz CT molecular complexity index is 742. The monoisotopic (exact) mass is 411 g/mol. The average molecular weight is 412 g/mol. The van der Waals surface area contributed by atoms with Crippen LogP contribution in [0.2, 0.25) is 0 Å². The van der Waals surface area contributed by atoms with Crippen LogP contribution in [0.4, 0.5) is 0 Å². The second kappa shape index (κ2) is 10.7. The highest BCUT2D eigenvalue weighted by Crippen LogP contribution is 2.27. The Labute approximate surface area is 170 Å². The molecule has 1 aliphatic heterocycles. The summed E-state index contributed by atoms with van der Waals surface area (Å²) in [5, 5.41) is 14.2. The molecule has 10 heteroatoms. The van der Waals surface area contributed by atoms with E-state index >= 15 is 0 Å². The zero-order valence-electron chi connectivity index (χ0n) is 16.0. The van der Waals surface area contributed by atoms with Gasteiger partial charge < -0.3 is 24.8 Å². The number of carbonyl (C=O) groups excluding carboxylic acids is 1. The maximum absolute atomic E-state index is 12.2. The van der Waals surface area contributed by atoms with Gasteiger partial charge in [0.1, 0.15) is 23.9 Å². The third kappa shape index (κ3) is 5.74. The summed E-state index contributed by atoms with van der Waals surface area (Å²) in [6, 6.07) is 5.58. The Kier molecular flexibility index (Phi) is 8.34. The Hall–Kier alpha value is -2.52. The fourth-order valence-corrected chi connectivity index (χ4v) is 2.92. The van der Waals surface area contributed by atoms with E-state index in [0.717, 1.165) is 25.9 Å². The van der Waals surface area contributed by atoms with Crippen molar-refractivity contribution in [2.75, 3.05) is 40.5 Å². The minimum atomic E-state index is -0.262. The van der Waals surface area contributed by atoms with E-state index < -0.39 is 0 Å². The molecule has 0 aliphatic carbocycles. The summed E-state index contributed by atoms with van der Waals surface area (Å²) in [5.74, 6) is 1.63. The van der Waals surface area contributed by atoms with Gasteiger partial charge in [-0.15, -0.1) is 17.5 Å². The quantitative estimate of drug-likeness (QED) is 0.634. The first kappa shape index (κ1) is 21.8. The molecule has 1 aromatic heterocycles. The van der Waals surface area contributed by atoms with Crippen molar-refractivity contribution in [3.63, 3.8) is 0 Å². The molecule has 0 saturated carbocycles. The minimum Gasteiger partial charge on any atom is -0.496 e. The molecule has 1 aliphatic rings. The molecule has 28 heavy (non-hydrogen) atoms. The lowest BCUT2D eigenvalue weighted by molar-refractivity contribution is 0.0942. The van der Waals surface area contributed by atoms with E-state index in [1.807, 2.05) is 0 Å². The molecule has 0 bridgehead atoms. The van der Waals surface area contributed by atoms with E-state index in [0.29, 0.717) is 42.1 Å². The first-order valence-corrected chi connectivity index (χ1v) is 8.96. The molecule has 2 N–H and O–H groups in total. The molecule has 2 aromatic rings. The molecule has 0 radical (unpaired) electrons. The molecule has 1 saturated heterocycles. The molecular formula is C18H26ClN5O4. The lowest BCUT2D eigenvalue weighted by Gasteiger charge is -2.22. The number of nitrogens with zero attached hydrogens (tertiary/aromatic N) is 3. The second-order valence-corrected chi connectivity index (χ2v) is 6.22. The van der Waals surface area contributed by atoms with Crippen molar-refractivity contribution < 1.29 is 19.0 Å². The number of benzene rings is 1. The van der Waals surface area contributed by atoms with Gasteiger partial charge in [-0.05, 0) is 25.9 Å². The highest BCUT2D eigenvalue weighted by atomic mass is 35.5. The van der Waals surface area contributed by atoms with Gasteiger partial charge in [-0.3, -0.25) is 4.79 Å². The summed E-state index contributed by atoms with van der Waals surface area (Å²) in [7, 11) is 3.16. The predicted molar refractivity (Wildman–Crippen MR) is 106 cm³/mol. The standard InChI is InChI=1S/C18H25N5O4.ClH/c1-25-14-9-15(26-2)11-16(10-14)27-8-7-20-18(24)17-12-23(22-21-17)13-3-5-19-6-4-13;/h9-13,19H,3-8H2,1-2H3,(H,20,24);1H. The SMILES string of the molecule is COc1cc(OC)cc(OCCNC(=O)c2cn(C3CCNCC3)nn2)c1.Cl. The Morgan fingerprint density at radius 1 is 1.18 bits per heavy atom. The van der Waals surface area contributed by atoms with E-state index in [4.69, 9.17) is 14.2 Å². The predicted octanol–water partition coefficient (Wildman–Crippen LogP) is 1.45. The van der Waals surface area contributed by atoms with Gasteiger partial charge >= 0.3 is 0 Å². The van der Waals surface area contributed by atoms with Crippen LogP contribution >= 0.6 is 12.4 Å². The Balaban J connectivity index is 0.00000280. The third-order valence-electron chi connectivity index (χ3n) is 4.41. The van der Waals surface area contributed by atoms with E-state index in [1.165, 1.54) is 0 Å². The van der Waals surface area contributed by atoms with Crippen LogP contribution in [0.3, 0.4) is 0 Å². The van der Waals surface area contributed by atoms with Crippen molar-refractivity contribution >= 4 is 18.3 Å². The highest BCUT2D eigenvalue weighted by molar-refractivity contribution is 5.91. The van der Waals surface area contributed by atoms with Crippen molar-refractivity contribution in [2.24, 2.45) is 0 Å². The number of hydrogen-bond donors (Lipinski definition) is 2. The summed E-state index contributed by atoms with van der Waals surface area (Å²) >= 11 is 0. The van der Waals surface area contributed by atoms with Crippen LogP contribution in [0.1, 0.15) is 29.4 Å². The zero-order valence-corrected chi connectivity index (χ0v) is 16.8. The van der Waals surface area contributed by atoms with E-state index in [9.17, 15) is 4.79 Å². The van der Waals surface area contributed by atoms with Crippen LogP contribution < -0.4 is 24.8 Å². The molecule has 154 valence electrons. The molecule has 1 fully saturated rings. The van der Waals surface area contributed by atoms with Gasteiger partial charge in [0.25, 0.3) is 5.91 Å². The number of aromatic nitrogens is 3. The first-order valence-electron chi connectivity index (χ1n) is 8.96. The minimum absolute atomic E-state index is 0. The molecule has 0 spiro atoms. The normalized spacial score (nSPS) is 14.1. The summed E-state index contributed by atoms with van der Waals surface area (Å²) in [5.41, 5.74) is 0.316. The fourth-order valence-electron chi connectivity index (χ4n) is 2.92. The van der Waals surface area contributed by atoms with Gasteiger partial charge in [-0.25, -0.2) is 4.68 Å². The van der Waals surface area contributed by atoms with E-state index in [1.54, 1.807) is 43.3 Å². The average Bonchev–Trinajstić information content (AvgIpc) is 3.22. The Morgan fingerprint density at radius 2 is 1.82 bits per heavy atom. The van der Waals surface area contributed by atoms with Gasteiger partial charge in [0.2, 0.25) is 0 Å². The molecule has 1 amide bonds. The Morgan fingerprint density at radius 3 is 2.46 bits per heavy atom. The third-order valence-corrected chi connectivity index (χ3v) is 4.41. The number of ether oxygens (including phenoxy) is 3. The van der Waals surface area contributed by atoms with Gasteiger partial charge in [-0.1, -0.05) is 5.21 Å². The number of methoxy groups -OCH3 is 2. The summed E-state index contributed by atoms with van der Waals surface area (Å²) in [4.78, 5) is 12.2. The molecule has 0 unspecified atom stereocenters. The molecule has 2 heterocycles. The maximum atomic E-state index is 12.2. The largest absolute Gasteiger partial charge is 0.496 e. The fraction of sp³-hybridized carbons (Fsp3) is 0.500. The van der Waals surface area contributed by atoms with Crippen molar-refractivity contribution in [1.82, 2.24) is 25.6 Å². The summed E-state index contributed by atoms with van der Waals surface area (Å²) < 4.78 is 17.8. The summed E-state index contributed by atoms with van der Waals surface area (Å²) in [6.45, 7) is 2.57. The van der Waals surface area contributed by atoms with E-state index in [2.05, 4.69) is 20.9 Å². The van der Waals surface area contributed by atoms with Gasteiger partial charge in [0.05, 0.1) is 33.0 Å². The van der Waals surface area contributed by atoms with Gasteiger partial charge in [0.15, 0.2) is 5.69 Å². The molecule has 1 aromatic carbocycles. The van der Waals surface area contributed by atoms with Crippen molar-refractivity contribution in [1.29, 1.82) is 0 Å². The van der Waals surface area contributed by atoms with Crippen LogP contribution in [-0.2, 0) is 0 Å². The van der Waals surface area contributed by atoms with Crippen molar-refractivity contribution in [3.8, 4) is 17.2 Å². The maximum Gasteiger partial charge on any atom is 0.273 e. The molecular weight excluding hydrogens is 386 g/mol. The number of piperidine rings is 1. The first-order chi connectivity index (χ1) is 13.2.